The summed E-state index contributed by atoms with van der Waals surface area (Å²) in [6.45, 7) is 0. The van der Waals surface area contributed by atoms with Crippen molar-refractivity contribution in [3.8, 4) is 34.4 Å². The van der Waals surface area contributed by atoms with Crippen LogP contribution in [0.5, 0.6) is 0 Å². The van der Waals surface area contributed by atoms with Crippen molar-refractivity contribution in [3.63, 3.8) is 0 Å². The van der Waals surface area contributed by atoms with Gasteiger partial charge in [-0.3, -0.25) is 0 Å². The number of nitrogens with zero attached hydrogens (tertiary/aromatic N) is 6. The first kappa shape index (κ1) is 54.5. The first-order valence-corrected chi connectivity index (χ1v) is 30.6. The molecule has 92 heavy (non-hydrogen) atoms. The fraction of sp³-hybridized carbons (Fsp3) is 0. The zero-order valence-electron chi connectivity index (χ0n) is 49.7. The molecule has 0 spiro atoms. The van der Waals surface area contributed by atoms with Crippen molar-refractivity contribution in [1.29, 1.82) is 10.5 Å². The summed E-state index contributed by atoms with van der Waals surface area (Å²) in [7, 11) is 0. The van der Waals surface area contributed by atoms with Gasteiger partial charge in [-0.1, -0.05) is 182 Å². The average molecular weight is 1180 g/mol. The summed E-state index contributed by atoms with van der Waals surface area (Å²) in [5.41, 5.74) is 18.2. The highest BCUT2D eigenvalue weighted by molar-refractivity contribution is 6.32. The van der Waals surface area contributed by atoms with Crippen molar-refractivity contribution in [1.82, 2.24) is 0 Å². The van der Waals surface area contributed by atoms with Gasteiger partial charge < -0.3 is 28.4 Å². The fourth-order valence-electron chi connectivity index (χ4n) is 13.0. The number of fused-ring (bicyclic) bond motifs is 9. The lowest BCUT2D eigenvalue weighted by Gasteiger charge is -2.30. The monoisotopic (exact) mass is 1180 g/mol. The molecule has 0 N–H and O–H groups in total. The van der Waals surface area contributed by atoms with Crippen LogP contribution in [0, 0.1) is 22.7 Å². The van der Waals surface area contributed by atoms with E-state index < -0.39 is 0 Å². The molecule has 16 aromatic rings. The Morgan fingerprint density at radius 2 is 0.511 bits per heavy atom. The van der Waals surface area contributed by atoms with Crippen LogP contribution in [0.4, 0.5) is 68.2 Å². The minimum atomic E-state index is 0.484. The van der Waals surface area contributed by atoms with Gasteiger partial charge in [0.2, 0.25) is 0 Å². The van der Waals surface area contributed by atoms with Crippen LogP contribution in [0.1, 0.15) is 11.1 Å². The van der Waals surface area contributed by atoms with Gasteiger partial charge in [0.15, 0.2) is 0 Å². The first-order valence-electron chi connectivity index (χ1n) is 30.6. The Morgan fingerprint density at radius 1 is 0.228 bits per heavy atom. The molecule has 16 rings (SSSR count). The highest BCUT2D eigenvalue weighted by Gasteiger charge is 2.31. The molecule has 0 atom stereocenters. The predicted molar refractivity (Wildman–Crippen MR) is 378 cm³/mol. The summed E-state index contributed by atoms with van der Waals surface area (Å²) in [4.78, 5) is 8.87. The van der Waals surface area contributed by atoms with Gasteiger partial charge >= 0.3 is 0 Å². The lowest BCUT2D eigenvalue weighted by Crippen LogP contribution is -2.14. The molecule has 0 aliphatic carbocycles. The summed E-state index contributed by atoms with van der Waals surface area (Å²) >= 11 is 0. The number of benzene rings is 14. The van der Waals surface area contributed by atoms with E-state index in [9.17, 15) is 10.5 Å². The van der Waals surface area contributed by atoms with Crippen molar-refractivity contribution in [2.45, 2.75) is 0 Å². The van der Waals surface area contributed by atoms with Crippen molar-refractivity contribution in [3.05, 3.63) is 339 Å². The fourth-order valence-corrected chi connectivity index (χ4v) is 13.0. The lowest BCUT2D eigenvalue weighted by molar-refractivity contribution is 0.669. The molecule has 2 heterocycles. The summed E-state index contributed by atoms with van der Waals surface area (Å²) in [6.07, 6.45) is 0. The quantitative estimate of drug-likeness (QED) is 0.106. The zero-order valence-corrected chi connectivity index (χ0v) is 49.7. The van der Waals surface area contributed by atoms with E-state index in [0.29, 0.717) is 44.8 Å². The molecule has 8 heteroatoms. The molecule has 0 fully saturated rings. The summed E-state index contributed by atoms with van der Waals surface area (Å²) in [6, 6.07) is 117. The Morgan fingerprint density at radius 3 is 0.859 bits per heavy atom. The zero-order chi connectivity index (χ0) is 61.5. The summed E-state index contributed by atoms with van der Waals surface area (Å²) in [5, 5.41) is 27.1. The van der Waals surface area contributed by atoms with E-state index >= 15 is 0 Å². The number of para-hydroxylation sites is 6. The molecule has 0 bridgehead atoms. The molecule has 14 aromatic carbocycles. The van der Waals surface area contributed by atoms with Crippen molar-refractivity contribution >= 4 is 123 Å². The van der Waals surface area contributed by atoms with Crippen LogP contribution in [0.3, 0.4) is 0 Å². The topological polar surface area (TPSA) is 86.8 Å². The summed E-state index contributed by atoms with van der Waals surface area (Å²) in [5.74, 6) is 0. The maximum Gasteiger partial charge on any atom is 0.145 e. The van der Waals surface area contributed by atoms with Gasteiger partial charge in [-0.25, -0.2) is 0 Å². The molecule has 0 radical (unpaired) electrons. The Bertz CT molecular complexity index is 5130. The predicted octanol–water partition coefficient (Wildman–Crippen LogP) is 23.6. The first-order chi connectivity index (χ1) is 45.6. The van der Waals surface area contributed by atoms with Crippen LogP contribution >= 0.6 is 0 Å². The third-order valence-electron chi connectivity index (χ3n) is 17.3. The molecular weight excluding hydrogens is 1120 g/mol. The minimum absolute atomic E-state index is 0.484. The highest BCUT2D eigenvalue weighted by Crippen LogP contribution is 2.55. The molecule has 0 aliphatic heterocycles. The highest BCUT2D eigenvalue weighted by atomic mass is 16.3. The van der Waals surface area contributed by atoms with Gasteiger partial charge in [0, 0.05) is 79.2 Å². The molecular formula is C84H54N6O2. The van der Waals surface area contributed by atoms with Crippen molar-refractivity contribution < 1.29 is 8.83 Å². The molecule has 0 amide bonds. The maximum absolute atomic E-state index is 11.1. The number of rotatable bonds is 14. The second kappa shape index (κ2) is 23.3. The molecule has 0 saturated heterocycles. The Hall–Kier alpha value is -12.9. The Balaban J connectivity index is 1.01. The molecule has 0 saturated carbocycles. The van der Waals surface area contributed by atoms with E-state index in [-0.39, 0.29) is 0 Å². The van der Waals surface area contributed by atoms with Crippen LogP contribution in [-0.4, -0.2) is 0 Å². The van der Waals surface area contributed by atoms with Crippen LogP contribution in [0.2, 0.25) is 0 Å². The van der Waals surface area contributed by atoms with E-state index in [4.69, 9.17) is 8.83 Å². The maximum atomic E-state index is 11.1. The van der Waals surface area contributed by atoms with Gasteiger partial charge in [-0.05, 0) is 156 Å². The third-order valence-corrected chi connectivity index (χ3v) is 17.3. The second-order valence-corrected chi connectivity index (χ2v) is 22.6. The van der Waals surface area contributed by atoms with Crippen LogP contribution < -0.4 is 19.6 Å². The Kier molecular flexibility index (Phi) is 13.8. The lowest BCUT2D eigenvalue weighted by atomic mass is 9.96. The van der Waals surface area contributed by atoms with Gasteiger partial charge in [-0.2, -0.15) is 10.5 Å². The smallest absolute Gasteiger partial charge is 0.145 e. The van der Waals surface area contributed by atoms with Gasteiger partial charge in [0.25, 0.3) is 0 Å². The van der Waals surface area contributed by atoms with Crippen molar-refractivity contribution in [2.75, 3.05) is 19.6 Å². The normalized spacial score (nSPS) is 11.2. The number of hydrogen-bond acceptors (Lipinski definition) is 8. The van der Waals surface area contributed by atoms with Crippen LogP contribution in [-0.2, 0) is 0 Å². The molecule has 2 aromatic heterocycles. The van der Waals surface area contributed by atoms with Gasteiger partial charge in [0.1, 0.15) is 34.5 Å². The molecule has 432 valence electrons. The van der Waals surface area contributed by atoms with E-state index in [1.54, 1.807) is 0 Å². The molecule has 0 aliphatic rings. The molecule has 8 nitrogen and oxygen atoms in total. The average Bonchev–Trinajstić information content (AvgIpc) is 1.44. The van der Waals surface area contributed by atoms with Crippen molar-refractivity contribution in [2.24, 2.45) is 0 Å². The summed E-state index contributed by atoms with van der Waals surface area (Å²) < 4.78 is 15.2. The number of anilines is 12. The third kappa shape index (κ3) is 9.66. The van der Waals surface area contributed by atoms with E-state index in [2.05, 4.69) is 250 Å². The van der Waals surface area contributed by atoms with E-state index in [1.807, 2.05) is 109 Å². The van der Waals surface area contributed by atoms with E-state index in [1.165, 1.54) is 0 Å². The standard InChI is InChI=1S/C84H54N6O2/c85-55-61-27-19-21-37-75(61)89(65-33-15-5-16-34-65)77-53-73-71-49-47-69(87(63-29-11-3-12-30-63)67-43-39-59(40-44-67)57-23-7-1-8-24-57)51-79(71)91-83(73)81-78(90(66-35-17-6-18-36-66)76-38-22-20-28-62(76)56-86)54-74-72-50-48-70(52-80(72)92-84(74)82(77)81)88(64-31-13-4-14-32-64)68-45-41-60(42-46-68)58-25-9-2-10-26-58/h1-54H. The largest absolute Gasteiger partial charge is 0.455 e. The van der Waals surface area contributed by atoms with Crippen LogP contribution in [0.15, 0.2) is 336 Å². The second-order valence-electron chi connectivity index (χ2n) is 22.6. The number of furan rings is 2. The van der Waals surface area contributed by atoms with Gasteiger partial charge in [0.05, 0.1) is 44.6 Å². The van der Waals surface area contributed by atoms with Crippen LogP contribution in [0.25, 0.3) is 76.9 Å². The SMILES string of the molecule is N#Cc1ccccc1N(c1ccccc1)c1cc2c3ccc(N(c4ccccc4)c4ccc(-c5ccccc5)cc4)cc3oc2c2c(N(c3ccccc3)c3ccccc3C#N)cc3c4ccc(N(c5ccccc5)c5ccc(-c6ccccc6)cc5)cc4oc3c12. The molecule has 0 unspecified atom stereocenters. The number of hydrogen-bond donors (Lipinski definition) is 0. The number of nitriles is 2. The van der Waals surface area contributed by atoms with E-state index in [0.717, 1.165) is 111 Å². The minimum Gasteiger partial charge on any atom is -0.455 e. The Labute approximate surface area is 532 Å². The van der Waals surface area contributed by atoms with Gasteiger partial charge in [-0.15, -0.1) is 0 Å².